The number of hydrogen-bond donors (Lipinski definition) is 3. The van der Waals surface area contributed by atoms with Crippen LogP contribution in [0, 0.1) is 34.7 Å². The summed E-state index contributed by atoms with van der Waals surface area (Å²) in [5.74, 6) is -0.824. The monoisotopic (exact) mass is 570 g/mol. The van der Waals surface area contributed by atoms with Gasteiger partial charge in [-0.2, -0.15) is 5.26 Å². The zero-order chi connectivity index (χ0) is 24.6. The molecule has 1 saturated carbocycles. The Balaban J connectivity index is 1.69. The fourth-order valence-electron chi connectivity index (χ4n) is 3.84. The molecule has 1 aliphatic carbocycles. The minimum atomic E-state index is -0.978. The van der Waals surface area contributed by atoms with Gasteiger partial charge in [-0.05, 0) is 91.4 Å². The molecule has 4 rings (SSSR count). The van der Waals surface area contributed by atoms with Crippen LogP contribution in [0.2, 0.25) is 0 Å². The summed E-state index contributed by atoms with van der Waals surface area (Å²) in [4.78, 5) is 30.8. The van der Waals surface area contributed by atoms with Gasteiger partial charge < -0.3 is 15.7 Å². The van der Waals surface area contributed by atoms with Crippen molar-refractivity contribution in [2.75, 3.05) is 5.32 Å². The number of benzene rings is 1. The first-order valence-electron chi connectivity index (χ1n) is 10.7. The molecule has 0 aliphatic heterocycles. The van der Waals surface area contributed by atoms with Crippen LogP contribution in [0.1, 0.15) is 51.7 Å². The van der Waals surface area contributed by atoms with Gasteiger partial charge >= 0.3 is 0 Å². The maximum atomic E-state index is 13.3. The van der Waals surface area contributed by atoms with Crippen molar-refractivity contribution < 1.29 is 14.7 Å². The van der Waals surface area contributed by atoms with E-state index in [1.54, 1.807) is 32.2 Å². The first-order chi connectivity index (χ1) is 16.1. The van der Waals surface area contributed by atoms with Crippen molar-refractivity contribution in [1.29, 1.82) is 5.26 Å². The summed E-state index contributed by atoms with van der Waals surface area (Å²) in [6.07, 6.45) is 3.35. The van der Waals surface area contributed by atoms with Crippen LogP contribution in [0.4, 0.5) is 5.69 Å². The Morgan fingerprint density at radius 2 is 1.97 bits per heavy atom. The second-order valence-electron chi connectivity index (χ2n) is 8.59. The summed E-state index contributed by atoms with van der Waals surface area (Å²) in [5, 5.41) is 29.3. The van der Waals surface area contributed by atoms with Crippen LogP contribution < -0.4 is 10.6 Å². The Hall–Kier alpha value is -3.46. The molecule has 1 unspecified atom stereocenters. The van der Waals surface area contributed by atoms with Crippen LogP contribution in [0.15, 0.2) is 36.5 Å². The number of aromatic hydroxyl groups is 1. The second-order valence-corrected chi connectivity index (χ2v) is 9.83. The number of aromatic nitrogens is 3. The zero-order valence-electron chi connectivity index (χ0n) is 18.9. The highest BCUT2D eigenvalue weighted by Crippen LogP contribution is 2.39. The number of carbonyl (C=O) groups is 2. The molecule has 0 bridgehead atoms. The summed E-state index contributed by atoms with van der Waals surface area (Å²) in [5.41, 5.74) is 1.10. The van der Waals surface area contributed by atoms with E-state index >= 15 is 0 Å². The molecule has 34 heavy (non-hydrogen) atoms. The van der Waals surface area contributed by atoms with Gasteiger partial charge in [-0.15, -0.1) is 5.10 Å². The van der Waals surface area contributed by atoms with Gasteiger partial charge in [0.15, 0.2) is 5.82 Å². The van der Waals surface area contributed by atoms with E-state index in [9.17, 15) is 20.0 Å². The molecule has 2 heterocycles. The van der Waals surface area contributed by atoms with Crippen molar-refractivity contribution in [3.63, 3.8) is 0 Å². The van der Waals surface area contributed by atoms with Crippen LogP contribution in [-0.2, 0) is 0 Å². The zero-order valence-corrected chi connectivity index (χ0v) is 21.0. The quantitative estimate of drug-likeness (QED) is 0.386. The Bertz CT molecular complexity index is 1340. The number of carbonyl (C=O) groups excluding carboxylic acids is 2. The number of rotatable bonds is 6. The number of nitrogens with one attached hydrogen (secondary N) is 2. The highest BCUT2D eigenvalue weighted by molar-refractivity contribution is 14.1. The first-order valence-corrected chi connectivity index (χ1v) is 11.8. The predicted molar refractivity (Wildman–Crippen MR) is 134 cm³/mol. The minimum absolute atomic E-state index is 0.0588. The third kappa shape index (κ3) is 4.61. The van der Waals surface area contributed by atoms with E-state index in [-0.39, 0.29) is 23.1 Å². The number of anilines is 1. The van der Waals surface area contributed by atoms with E-state index in [0.717, 1.165) is 22.0 Å². The maximum Gasteiger partial charge on any atom is 0.274 e. The Morgan fingerprint density at radius 1 is 1.24 bits per heavy atom. The van der Waals surface area contributed by atoms with Crippen molar-refractivity contribution in [2.45, 2.75) is 39.2 Å². The van der Waals surface area contributed by atoms with E-state index < -0.39 is 17.4 Å². The molecular formula is C24H23IN6O3. The average Bonchev–Trinajstić information content (AvgIpc) is 3.58. The van der Waals surface area contributed by atoms with Gasteiger partial charge in [0.25, 0.3) is 11.8 Å². The van der Waals surface area contributed by atoms with Crippen molar-refractivity contribution in [3.8, 4) is 17.8 Å². The molecule has 1 atom stereocenters. The lowest BCUT2D eigenvalue weighted by Crippen LogP contribution is -2.47. The van der Waals surface area contributed by atoms with Gasteiger partial charge in [0.05, 0.1) is 17.3 Å². The van der Waals surface area contributed by atoms with Crippen molar-refractivity contribution >= 4 is 40.1 Å². The van der Waals surface area contributed by atoms with Crippen LogP contribution in [0.5, 0.6) is 5.88 Å². The first kappa shape index (κ1) is 23.7. The topological polar surface area (TPSA) is 133 Å². The Kier molecular flexibility index (Phi) is 6.31. The van der Waals surface area contributed by atoms with Gasteiger partial charge in [-0.3, -0.25) is 9.59 Å². The van der Waals surface area contributed by atoms with Gasteiger partial charge in [0, 0.05) is 15.8 Å². The highest BCUT2D eigenvalue weighted by atomic mass is 127. The van der Waals surface area contributed by atoms with Crippen LogP contribution >= 0.6 is 22.6 Å². The van der Waals surface area contributed by atoms with Gasteiger partial charge in [-0.25, -0.2) is 9.67 Å². The lowest BCUT2D eigenvalue weighted by molar-refractivity contribution is 0.0918. The van der Waals surface area contributed by atoms with Gasteiger partial charge in [0.2, 0.25) is 5.88 Å². The van der Waals surface area contributed by atoms with E-state index in [1.165, 1.54) is 10.7 Å². The average molecular weight is 570 g/mol. The summed E-state index contributed by atoms with van der Waals surface area (Å²) >= 11 is 2.11. The van der Waals surface area contributed by atoms with Crippen LogP contribution in [0.25, 0.3) is 5.82 Å². The minimum Gasteiger partial charge on any atom is -0.492 e. The predicted octanol–water partition coefficient (Wildman–Crippen LogP) is 3.87. The summed E-state index contributed by atoms with van der Waals surface area (Å²) in [6.45, 7) is 5.33. The number of nitrogens with zero attached hydrogens (tertiary/aromatic N) is 4. The van der Waals surface area contributed by atoms with Gasteiger partial charge in [0.1, 0.15) is 11.2 Å². The lowest BCUT2D eigenvalue weighted by Gasteiger charge is -2.24. The maximum absolute atomic E-state index is 13.3. The molecule has 1 fully saturated rings. The van der Waals surface area contributed by atoms with E-state index in [0.29, 0.717) is 17.1 Å². The van der Waals surface area contributed by atoms with Crippen molar-refractivity contribution in [2.24, 2.45) is 5.92 Å². The molecular weight excluding hydrogens is 547 g/mol. The number of pyridine rings is 1. The Morgan fingerprint density at radius 3 is 2.62 bits per heavy atom. The molecule has 3 aromatic rings. The molecule has 0 saturated heterocycles. The summed E-state index contributed by atoms with van der Waals surface area (Å²) < 4.78 is 2.08. The number of nitriles is 1. The van der Waals surface area contributed by atoms with Gasteiger partial charge in [-0.1, -0.05) is 6.07 Å². The summed E-state index contributed by atoms with van der Waals surface area (Å²) in [6, 6.07) is 10.6. The van der Waals surface area contributed by atoms with Crippen LogP contribution in [0.3, 0.4) is 0 Å². The third-order valence-electron chi connectivity index (χ3n) is 5.89. The normalized spacial score (nSPS) is 14.7. The molecule has 1 aliphatic rings. The molecule has 174 valence electrons. The molecule has 2 amide bonds. The largest absolute Gasteiger partial charge is 0.492 e. The van der Waals surface area contributed by atoms with Crippen LogP contribution in [-0.4, -0.2) is 37.2 Å². The molecule has 10 heteroatoms. The molecule has 9 nitrogen and oxygen atoms in total. The van der Waals surface area contributed by atoms with E-state index in [2.05, 4.69) is 49.4 Å². The highest BCUT2D eigenvalue weighted by Gasteiger charge is 2.43. The third-order valence-corrected chi connectivity index (χ3v) is 6.52. The molecule has 1 aromatic carbocycles. The standard InChI is InChI=1S/C24H23IN6O3/c1-13-5-4-8-27-21(13)31-18(11-19(32)30-31)23(34)28-20-14(2)9-16(25)10-17(20)22(33)29-24(3,12-26)15-6-7-15/h4-5,8-11,15H,6-7H2,1-3H3,(H,28,34)(H,29,33)(H,30,32). The fourth-order valence-corrected chi connectivity index (χ4v) is 4.62. The molecule has 2 aromatic heterocycles. The smallest absolute Gasteiger partial charge is 0.274 e. The number of hydrogen-bond acceptors (Lipinski definition) is 6. The number of halogens is 1. The van der Waals surface area contributed by atoms with Crippen molar-refractivity contribution in [3.05, 3.63) is 62.5 Å². The van der Waals surface area contributed by atoms with E-state index in [1.807, 2.05) is 19.1 Å². The number of aryl methyl sites for hydroxylation is 2. The fraction of sp³-hybridized carbons (Fsp3) is 0.292. The lowest BCUT2D eigenvalue weighted by atomic mass is 9.96. The summed E-state index contributed by atoms with van der Waals surface area (Å²) in [7, 11) is 0. The van der Waals surface area contributed by atoms with Crippen molar-refractivity contribution in [1.82, 2.24) is 20.1 Å². The Labute approximate surface area is 210 Å². The van der Waals surface area contributed by atoms with E-state index in [4.69, 9.17) is 0 Å². The molecule has 0 radical (unpaired) electrons. The SMILES string of the molecule is Cc1cccnc1-n1nc(O)cc1C(=O)Nc1c(C)cc(I)cc1C(=O)NC(C)(C#N)C1CC1. The molecule has 0 spiro atoms. The second kappa shape index (κ2) is 9.06. The molecule has 3 N–H and O–H groups in total. The number of amides is 2.